The first-order valence-corrected chi connectivity index (χ1v) is 8.18. The first kappa shape index (κ1) is 15.8. The molecule has 5 heteroatoms. The second-order valence-corrected chi connectivity index (χ2v) is 5.88. The molecule has 1 fully saturated rings. The number of thioether (sulfide) groups is 1. The van der Waals surface area contributed by atoms with Crippen molar-refractivity contribution >= 4 is 17.7 Å². The van der Waals surface area contributed by atoms with E-state index in [9.17, 15) is 4.79 Å². The van der Waals surface area contributed by atoms with Gasteiger partial charge in [0.05, 0.1) is 19.1 Å². The number of amides is 1. The Hall–Kier alpha value is -0.260. The summed E-state index contributed by atoms with van der Waals surface area (Å²) < 4.78 is 5.42. The van der Waals surface area contributed by atoms with Crippen LogP contribution in [0.2, 0.25) is 0 Å². The first-order valence-electron chi connectivity index (χ1n) is 6.79. The van der Waals surface area contributed by atoms with Gasteiger partial charge in [-0.2, -0.15) is 11.8 Å². The lowest BCUT2D eigenvalue weighted by atomic mass is 10.0. The van der Waals surface area contributed by atoms with E-state index in [0.717, 1.165) is 25.1 Å². The van der Waals surface area contributed by atoms with Gasteiger partial charge in [-0.05, 0) is 38.3 Å². The predicted octanol–water partition coefficient (Wildman–Crippen LogP) is 1.26. The molecule has 1 amide bonds. The summed E-state index contributed by atoms with van der Waals surface area (Å²) in [6.07, 6.45) is 4.19. The van der Waals surface area contributed by atoms with Gasteiger partial charge in [-0.3, -0.25) is 4.79 Å². The van der Waals surface area contributed by atoms with E-state index in [0.29, 0.717) is 13.2 Å². The standard InChI is InChI=1S/C13H26N2O2S/c1-4-6-14-12-9-17-8-11(12)13(16)15-10(2)5-7-18-3/h10-12,14H,4-9H2,1-3H3,(H,15,16). The average molecular weight is 274 g/mol. The van der Waals surface area contributed by atoms with E-state index in [-0.39, 0.29) is 23.9 Å². The molecule has 0 aromatic carbocycles. The van der Waals surface area contributed by atoms with Gasteiger partial charge in [0.1, 0.15) is 0 Å². The number of hydrogen-bond acceptors (Lipinski definition) is 4. The van der Waals surface area contributed by atoms with Crippen LogP contribution in [0, 0.1) is 5.92 Å². The van der Waals surface area contributed by atoms with Gasteiger partial charge in [0.2, 0.25) is 5.91 Å². The molecule has 0 radical (unpaired) electrons. The van der Waals surface area contributed by atoms with Crippen LogP contribution in [0.1, 0.15) is 26.7 Å². The lowest BCUT2D eigenvalue weighted by molar-refractivity contribution is -0.126. The molecule has 3 unspecified atom stereocenters. The van der Waals surface area contributed by atoms with Crippen molar-refractivity contribution in [1.82, 2.24) is 10.6 Å². The van der Waals surface area contributed by atoms with E-state index in [1.54, 1.807) is 0 Å². The Morgan fingerprint density at radius 1 is 1.50 bits per heavy atom. The lowest BCUT2D eigenvalue weighted by Gasteiger charge is -2.21. The normalized spacial score (nSPS) is 25.1. The molecular weight excluding hydrogens is 248 g/mol. The Morgan fingerprint density at radius 3 is 2.94 bits per heavy atom. The molecule has 2 N–H and O–H groups in total. The molecule has 4 nitrogen and oxygen atoms in total. The van der Waals surface area contributed by atoms with Gasteiger partial charge in [-0.25, -0.2) is 0 Å². The van der Waals surface area contributed by atoms with Crippen molar-refractivity contribution in [2.24, 2.45) is 5.92 Å². The number of nitrogens with one attached hydrogen (secondary N) is 2. The summed E-state index contributed by atoms with van der Waals surface area (Å²) in [5, 5.41) is 6.48. The van der Waals surface area contributed by atoms with Crippen LogP contribution < -0.4 is 10.6 Å². The highest BCUT2D eigenvalue weighted by Crippen LogP contribution is 2.14. The van der Waals surface area contributed by atoms with Crippen molar-refractivity contribution in [3.63, 3.8) is 0 Å². The molecule has 0 aliphatic carbocycles. The van der Waals surface area contributed by atoms with Crippen LogP contribution in [0.15, 0.2) is 0 Å². The summed E-state index contributed by atoms with van der Waals surface area (Å²) in [5.74, 6) is 1.18. The highest BCUT2D eigenvalue weighted by atomic mass is 32.2. The largest absolute Gasteiger partial charge is 0.379 e. The Morgan fingerprint density at radius 2 is 2.28 bits per heavy atom. The molecule has 3 atom stereocenters. The molecule has 1 saturated heterocycles. The van der Waals surface area contributed by atoms with Crippen LogP contribution in [0.4, 0.5) is 0 Å². The summed E-state index contributed by atoms with van der Waals surface area (Å²) in [6, 6.07) is 0.426. The third-order valence-corrected chi connectivity index (χ3v) is 3.86. The minimum absolute atomic E-state index is 0.0340. The molecule has 0 aromatic rings. The zero-order chi connectivity index (χ0) is 13.4. The second-order valence-electron chi connectivity index (χ2n) is 4.90. The maximum absolute atomic E-state index is 12.2. The maximum atomic E-state index is 12.2. The molecule has 0 saturated carbocycles. The number of rotatable bonds is 8. The van der Waals surface area contributed by atoms with E-state index >= 15 is 0 Å². The van der Waals surface area contributed by atoms with E-state index < -0.39 is 0 Å². The number of carbonyl (C=O) groups is 1. The monoisotopic (exact) mass is 274 g/mol. The smallest absolute Gasteiger partial charge is 0.227 e. The lowest BCUT2D eigenvalue weighted by Crippen LogP contribution is -2.46. The van der Waals surface area contributed by atoms with Crippen molar-refractivity contribution in [3.8, 4) is 0 Å². The number of carbonyl (C=O) groups excluding carboxylic acids is 1. The first-order chi connectivity index (χ1) is 8.69. The highest BCUT2D eigenvalue weighted by molar-refractivity contribution is 7.98. The van der Waals surface area contributed by atoms with E-state index in [1.165, 1.54) is 0 Å². The van der Waals surface area contributed by atoms with E-state index in [2.05, 4.69) is 30.7 Å². The van der Waals surface area contributed by atoms with Gasteiger partial charge in [-0.15, -0.1) is 0 Å². The average Bonchev–Trinajstić information content (AvgIpc) is 2.82. The van der Waals surface area contributed by atoms with Crippen molar-refractivity contribution in [3.05, 3.63) is 0 Å². The van der Waals surface area contributed by atoms with Gasteiger partial charge in [0.15, 0.2) is 0 Å². The number of hydrogen-bond donors (Lipinski definition) is 2. The van der Waals surface area contributed by atoms with E-state index in [1.807, 2.05) is 11.8 Å². The van der Waals surface area contributed by atoms with Crippen molar-refractivity contribution in [2.75, 3.05) is 31.8 Å². The topological polar surface area (TPSA) is 50.4 Å². The fraction of sp³-hybridized carbons (Fsp3) is 0.923. The zero-order valence-electron chi connectivity index (χ0n) is 11.7. The molecule has 1 aliphatic rings. The van der Waals surface area contributed by atoms with Crippen molar-refractivity contribution < 1.29 is 9.53 Å². The highest BCUT2D eigenvalue weighted by Gasteiger charge is 2.33. The summed E-state index contributed by atoms with van der Waals surface area (Å²) in [4.78, 5) is 12.2. The summed E-state index contributed by atoms with van der Waals surface area (Å²) in [6.45, 7) is 6.33. The minimum Gasteiger partial charge on any atom is -0.379 e. The fourth-order valence-electron chi connectivity index (χ4n) is 2.06. The fourth-order valence-corrected chi connectivity index (χ4v) is 2.65. The third kappa shape index (κ3) is 5.16. The van der Waals surface area contributed by atoms with Crippen LogP contribution in [0.5, 0.6) is 0 Å². The van der Waals surface area contributed by atoms with Crippen molar-refractivity contribution in [2.45, 2.75) is 38.8 Å². The molecule has 0 bridgehead atoms. The Labute approximate surface area is 115 Å². The van der Waals surface area contributed by atoms with Gasteiger partial charge >= 0.3 is 0 Å². The van der Waals surface area contributed by atoms with Crippen molar-refractivity contribution in [1.29, 1.82) is 0 Å². The zero-order valence-corrected chi connectivity index (χ0v) is 12.5. The summed E-state index contributed by atoms with van der Waals surface area (Å²) >= 11 is 1.81. The van der Waals surface area contributed by atoms with E-state index in [4.69, 9.17) is 4.74 Å². The maximum Gasteiger partial charge on any atom is 0.227 e. The molecule has 106 valence electrons. The summed E-state index contributed by atoms with van der Waals surface area (Å²) in [7, 11) is 0. The van der Waals surface area contributed by atoms with Gasteiger partial charge < -0.3 is 15.4 Å². The molecular formula is C13H26N2O2S. The Kier molecular flexibility index (Phi) is 7.70. The SMILES string of the molecule is CCCNC1COCC1C(=O)NC(C)CCSC. The van der Waals surface area contributed by atoms with Gasteiger partial charge in [0.25, 0.3) is 0 Å². The van der Waals surface area contributed by atoms with Crippen LogP contribution in [0.25, 0.3) is 0 Å². The molecule has 0 spiro atoms. The summed E-state index contributed by atoms with van der Waals surface area (Å²) in [5.41, 5.74) is 0. The molecule has 1 aliphatic heterocycles. The van der Waals surface area contributed by atoms with Crippen LogP contribution in [0.3, 0.4) is 0 Å². The van der Waals surface area contributed by atoms with Crippen LogP contribution in [-0.4, -0.2) is 49.8 Å². The van der Waals surface area contributed by atoms with Gasteiger partial charge in [-0.1, -0.05) is 6.92 Å². The second kappa shape index (κ2) is 8.77. The molecule has 0 aromatic heterocycles. The Balaban J connectivity index is 2.34. The Bertz CT molecular complexity index is 251. The van der Waals surface area contributed by atoms with Crippen LogP contribution in [-0.2, 0) is 9.53 Å². The van der Waals surface area contributed by atoms with Gasteiger partial charge in [0, 0.05) is 12.1 Å². The predicted molar refractivity (Wildman–Crippen MR) is 77.0 cm³/mol. The molecule has 18 heavy (non-hydrogen) atoms. The molecule has 1 rings (SSSR count). The number of ether oxygens (including phenoxy) is 1. The minimum atomic E-state index is -0.0340. The van der Waals surface area contributed by atoms with Crippen LogP contribution >= 0.6 is 11.8 Å². The third-order valence-electron chi connectivity index (χ3n) is 3.22. The molecule has 1 heterocycles. The quantitative estimate of drug-likeness (QED) is 0.699.